The van der Waals surface area contributed by atoms with Crippen molar-refractivity contribution in [1.82, 2.24) is 0 Å². The minimum atomic E-state index is -2.06. The van der Waals surface area contributed by atoms with Crippen LogP contribution in [0.3, 0.4) is 0 Å². The molecule has 0 bridgehead atoms. The van der Waals surface area contributed by atoms with Crippen molar-refractivity contribution >= 4 is 18.0 Å². The Morgan fingerprint density at radius 3 is 2.56 bits per heavy atom. The molecule has 1 aromatic rings. The fourth-order valence-electron chi connectivity index (χ4n) is 2.87. The molecular formula is C18H22O9. The summed E-state index contributed by atoms with van der Waals surface area (Å²) in [5.41, 5.74) is -1.52. The summed E-state index contributed by atoms with van der Waals surface area (Å²) in [7, 11) is 2.46. The molecule has 0 amide bonds. The zero-order valence-electron chi connectivity index (χ0n) is 14.9. The number of hydrogen-bond acceptors (Lipinski definition) is 9. The van der Waals surface area contributed by atoms with Crippen molar-refractivity contribution < 1.29 is 44.2 Å². The van der Waals surface area contributed by atoms with Crippen molar-refractivity contribution in [3.8, 4) is 11.5 Å². The SMILES string of the molecule is COC(=O)[C@@]1(O)C[C@@H](O)[C@H](O)[C@@H](OC(=O)C=Cc2ccc(O)c(OC)c2)C1. The zero-order valence-corrected chi connectivity index (χ0v) is 14.9. The van der Waals surface area contributed by atoms with Crippen LogP contribution < -0.4 is 4.74 Å². The van der Waals surface area contributed by atoms with Crippen molar-refractivity contribution in [1.29, 1.82) is 0 Å². The van der Waals surface area contributed by atoms with Crippen LogP contribution in [0.15, 0.2) is 24.3 Å². The third-order valence-electron chi connectivity index (χ3n) is 4.31. The van der Waals surface area contributed by atoms with Gasteiger partial charge in [0.25, 0.3) is 0 Å². The number of ether oxygens (including phenoxy) is 3. The first kappa shape index (κ1) is 20.7. The number of aliphatic hydroxyl groups excluding tert-OH is 2. The van der Waals surface area contributed by atoms with Crippen LogP contribution in [0.1, 0.15) is 18.4 Å². The maximum atomic E-state index is 12.0. The maximum Gasteiger partial charge on any atom is 0.338 e. The van der Waals surface area contributed by atoms with Crippen molar-refractivity contribution in [3.05, 3.63) is 29.8 Å². The van der Waals surface area contributed by atoms with Gasteiger partial charge in [-0.2, -0.15) is 0 Å². The molecule has 0 heterocycles. The van der Waals surface area contributed by atoms with Gasteiger partial charge in [0.15, 0.2) is 17.1 Å². The average Bonchev–Trinajstić information content (AvgIpc) is 2.64. The summed E-state index contributed by atoms with van der Waals surface area (Å²) in [5, 5.41) is 39.7. The summed E-state index contributed by atoms with van der Waals surface area (Å²) < 4.78 is 14.5. The van der Waals surface area contributed by atoms with Gasteiger partial charge in [-0.25, -0.2) is 9.59 Å². The van der Waals surface area contributed by atoms with Crippen molar-refractivity contribution in [3.63, 3.8) is 0 Å². The summed E-state index contributed by atoms with van der Waals surface area (Å²) in [6.45, 7) is 0. The minimum absolute atomic E-state index is 0.0568. The number of phenols is 1. The predicted octanol–water partition coefficient (Wildman–Crippen LogP) is -0.255. The van der Waals surface area contributed by atoms with Gasteiger partial charge in [-0.1, -0.05) is 6.07 Å². The van der Waals surface area contributed by atoms with E-state index in [1.165, 1.54) is 31.4 Å². The molecule has 0 aliphatic heterocycles. The lowest BCUT2D eigenvalue weighted by Gasteiger charge is -2.39. The van der Waals surface area contributed by atoms with Gasteiger partial charge in [-0.3, -0.25) is 0 Å². The number of esters is 2. The van der Waals surface area contributed by atoms with E-state index in [0.29, 0.717) is 5.56 Å². The second-order valence-corrected chi connectivity index (χ2v) is 6.23. The van der Waals surface area contributed by atoms with E-state index < -0.39 is 48.7 Å². The van der Waals surface area contributed by atoms with E-state index in [1.54, 1.807) is 0 Å². The van der Waals surface area contributed by atoms with Crippen LogP contribution in [0.4, 0.5) is 0 Å². The van der Waals surface area contributed by atoms with E-state index >= 15 is 0 Å². The van der Waals surface area contributed by atoms with Crippen molar-refractivity contribution in [2.75, 3.05) is 14.2 Å². The molecule has 0 spiro atoms. The molecule has 148 valence electrons. The molecule has 0 saturated heterocycles. The molecule has 0 unspecified atom stereocenters. The Balaban J connectivity index is 2.08. The van der Waals surface area contributed by atoms with E-state index in [9.17, 15) is 30.0 Å². The Kier molecular flexibility index (Phi) is 6.42. The number of hydrogen-bond donors (Lipinski definition) is 4. The van der Waals surface area contributed by atoms with Gasteiger partial charge in [0.05, 0.1) is 20.3 Å². The highest BCUT2D eigenvalue weighted by atomic mass is 16.6. The third kappa shape index (κ3) is 4.76. The lowest BCUT2D eigenvalue weighted by atomic mass is 9.79. The van der Waals surface area contributed by atoms with Crippen LogP contribution in [-0.4, -0.2) is 70.5 Å². The number of aromatic hydroxyl groups is 1. The molecule has 9 nitrogen and oxygen atoms in total. The van der Waals surface area contributed by atoms with E-state index in [1.807, 2.05) is 0 Å². The average molecular weight is 382 g/mol. The van der Waals surface area contributed by atoms with Crippen LogP contribution in [0.25, 0.3) is 6.08 Å². The first-order chi connectivity index (χ1) is 12.7. The fourth-order valence-corrected chi connectivity index (χ4v) is 2.87. The molecule has 2 rings (SSSR count). The normalized spacial score (nSPS) is 28.0. The Morgan fingerprint density at radius 2 is 1.93 bits per heavy atom. The second kappa shape index (κ2) is 8.38. The van der Waals surface area contributed by atoms with Gasteiger partial charge in [0, 0.05) is 18.9 Å². The number of aliphatic hydroxyl groups is 3. The summed E-state index contributed by atoms with van der Waals surface area (Å²) in [6.07, 6.45) is -2.61. The number of methoxy groups -OCH3 is 2. The largest absolute Gasteiger partial charge is 0.504 e. The van der Waals surface area contributed by atoms with Crippen LogP contribution in [0.2, 0.25) is 0 Å². The quantitative estimate of drug-likeness (QED) is 0.400. The number of rotatable bonds is 5. The summed E-state index contributed by atoms with van der Waals surface area (Å²) in [5.74, 6) is -1.67. The van der Waals surface area contributed by atoms with E-state index in [-0.39, 0.29) is 11.5 Å². The predicted molar refractivity (Wildman–Crippen MR) is 91.8 cm³/mol. The monoisotopic (exact) mass is 382 g/mol. The Bertz CT molecular complexity index is 730. The third-order valence-corrected chi connectivity index (χ3v) is 4.31. The molecule has 1 saturated carbocycles. The number of phenolic OH excluding ortho intramolecular Hbond substituents is 1. The Morgan fingerprint density at radius 1 is 1.22 bits per heavy atom. The molecular weight excluding hydrogens is 360 g/mol. The molecule has 4 N–H and O–H groups in total. The molecule has 0 radical (unpaired) electrons. The van der Waals surface area contributed by atoms with Crippen molar-refractivity contribution in [2.24, 2.45) is 0 Å². The highest BCUT2D eigenvalue weighted by Crippen LogP contribution is 2.32. The van der Waals surface area contributed by atoms with Crippen molar-refractivity contribution in [2.45, 2.75) is 36.8 Å². The number of carbonyl (C=O) groups is 2. The zero-order chi connectivity index (χ0) is 20.2. The first-order valence-corrected chi connectivity index (χ1v) is 8.13. The Hall–Kier alpha value is -2.62. The molecule has 1 fully saturated rings. The van der Waals surface area contributed by atoms with Gasteiger partial charge in [0.2, 0.25) is 0 Å². The molecule has 27 heavy (non-hydrogen) atoms. The molecule has 9 heteroatoms. The lowest BCUT2D eigenvalue weighted by Crippen LogP contribution is -2.57. The summed E-state index contributed by atoms with van der Waals surface area (Å²) >= 11 is 0. The highest BCUT2D eigenvalue weighted by molar-refractivity contribution is 5.87. The topological polar surface area (TPSA) is 143 Å². The van der Waals surface area contributed by atoms with Gasteiger partial charge in [0.1, 0.15) is 12.2 Å². The lowest BCUT2D eigenvalue weighted by molar-refractivity contribution is -0.198. The molecule has 1 aliphatic carbocycles. The first-order valence-electron chi connectivity index (χ1n) is 8.13. The van der Waals surface area contributed by atoms with Crippen LogP contribution >= 0.6 is 0 Å². The number of carbonyl (C=O) groups excluding carboxylic acids is 2. The number of benzene rings is 1. The fraction of sp³-hybridized carbons (Fsp3) is 0.444. The highest BCUT2D eigenvalue weighted by Gasteiger charge is 2.50. The minimum Gasteiger partial charge on any atom is -0.504 e. The van der Waals surface area contributed by atoms with Gasteiger partial charge >= 0.3 is 11.9 Å². The van der Waals surface area contributed by atoms with E-state index in [0.717, 1.165) is 13.2 Å². The van der Waals surface area contributed by atoms with Crippen LogP contribution in [0.5, 0.6) is 11.5 Å². The molecule has 1 aliphatic rings. The smallest absolute Gasteiger partial charge is 0.338 e. The van der Waals surface area contributed by atoms with Gasteiger partial charge in [-0.15, -0.1) is 0 Å². The molecule has 4 atom stereocenters. The summed E-state index contributed by atoms with van der Waals surface area (Å²) in [4.78, 5) is 23.7. The molecule has 1 aromatic carbocycles. The second-order valence-electron chi connectivity index (χ2n) is 6.23. The van der Waals surface area contributed by atoms with Crippen LogP contribution in [0, 0.1) is 0 Å². The van der Waals surface area contributed by atoms with Crippen LogP contribution in [-0.2, 0) is 19.1 Å². The maximum absolute atomic E-state index is 12.0. The van der Waals surface area contributed by atoms with E-state index in [2.05, 4.69) is 4.74 Å². The summed E-state index contributed by atoms with van der Waals surface area (Å²) in [6, 6.07) is 4.42. The Labute approximate surface area is 155 Å². The van der Waals surface area contributed by atoms with Gasteiger partial charge in [-0.05, 0) is 23.8 Å². The standard InChI is InChI=1S/C18H22O9/c1-25-13-7-10(3-5-11(13)19)4-6-15(21)27-14-9-18(24,17(23)26-2)8-12(20)16(14)22/h3-7,12,14,16,19-20,22,24H,8-9H2,1-2H3/t12-,14+,16+,18-/m1/s1. The van der Waals surface area contributed by atoms with Gasteiger partial charge < -0.3 is 34.6 Å². The van der Waals surface area contributed by atoms with E-state index in [4.69, 9.17) is 9.47 Å². The molecule has 0 aromatic heterocycles.